The Morgan fingerprint density at radius 3 is 1.42 bits per heavy atom. The topological polar surface area (TPSA) is 155 Å². The molecule has 26 rings (SSSR count). The molecule has 20 aromatic rings. The third-order valence-corrected chi connectivity index (χ3v) is 29.2. The van der Waals surface area contributed by atoms with Gasteiger partial charge in [0.1, 0.15) is 50.3 Å². The summed E-state index contributed by atoms with van der Waals surface area (Å²) in [6.45, 7) is 48.8. The van der Waals surface area contributed by atoms with Gasteiger partial charge in [-0.1, -0.05) is 42.5 Å². The average molecular weight is 1630 g/mol. The highest BCUT2D eigenvalue weighted by atomic mass is 15.4. The van der Waals surface area contributed by atoms with E-state index in [0.717, 1.165) is 51.7 Å². The monoisotopic (exact) mass is 1630 g/mol. The molecule has 0 amide bonds. The highest BCUT2D eigenvalue weighted by molar-refractivity contribution is 6.02. The van der Waals surface area contributed by atoms with Crippen LogP contribution in [0.1, 0.15) is 149 Å². The summed E-state index contributed by atoms with van der Waals surface area (Å²) in [6.07, 6.45) is 20.5. The number of benzene rings is 6. The van der Waals surface area contributed by atoms with E-state index >= 15 is 0 Å². The van der Waals surface area contributed by atoms with Gasteiger partial charge in [-0.2, -0.15) is 9.13 Å². The fraction of sp³-hybridized carbons (Fsp3) is 0.333. The Labute approximate surface area is 713 Å². The Balaban J connectivity index is 0.0000000918. The minimum atomic E-state index is -0.287. The summed E-state index contributed by atoms with van der Waals surface area (Å²) in [6, 6.07) is 35.6. The second-order valence-electron chi connectivity index (χ2n) is 38.0. The fourth-order valence-electron chi connectivity index (χ4n) is 22.6. The molecular weight excluding hydrogens is 1530 g/mol. The molecule has 24 heteroatoms. The van der Waals surface area contributed by atoms with Crippen LogP contribution in [0.3, 0.4) is 0 Å². The zero-order valence-electron chi connectivity index (χ0n) is 75.8. The summed E-state index contributed by atoms with van der Waals surface area (Å²) in [4.78, 5) is 28.8. The van der Waals surface area contributed by atoms with Crippen molar-refractivity contribution in [3.8, 4) is 45.3 Å². The van der Waals surface area contributed by atoms with Gasteiger partial charge in [0, 0.05) is 53.5 Å². The summed E-state index contributed by atoms with van der Waals surface area (Å²) in [5.74, 6) is 8.88. The Morgan fingerprint density at radius 1 is 0.366 bits per heavy atom. The molecular formula is C99H108N24+6. The van der Waals surface area contributed by atoms with Gasteiger partial charge in [-0.15, -0.1) is 9.15 Å². The van der Waals surface area contributed by atoms with Crippen LogP contribution in [0.15, 0.2) is 153 Å². The van der Waals surface area contributed by atoms with Gasteiger partial charge in [-0.25, -0.2) is 48.2 Å². The third kappa shape index (κ3) is 9.34. The molecule has 0 spiro atoms. The Kier molecular flexibility index (Phi) is 15.2. The van der Waals surface area contributed by atoms with E-state index in [4.69, 9.17) is 19.9 Å². The molecule has 0 saturated heterocycles. The largest absolute Gasteiger partial charge is 0.415 e. The van der Waals surface area contributed by atoms with Crippen molar-refractivity contribution in [2.75, 3.05) is 7.05 Å². The minimum Gasteiger partial charge on any atom is -0.299 e. The molecule has 6 aliphatic heterocycles. The lowest BCUT2D eigenvalue weighted by molar-refractivity contribution is -0.661. The molecule has 1 atom stereocenters. The number of aromatic nitrogens is 22. The van der Waals surface area contributed by atoms with Crippen molar-refractivity contribution in [3.05, 3.63) is 226 Å². The van der Waals surface area contributed by atoms with Gasteiger partial charge in [0.2, 0.25) is 52.2 Å². The van der Waals surface area contributed by atoms with Crippen LogP contribution in [0.2, 0.25) is 0 Å². The summed E-state index contributed by atoms with van der Waals surface area (Å²) in [5.41, 5.74) is 38.9. The average Bonchev–Trinajstić information content (AvgIpc) is 1.55. The predicted molar refractivity (Wildman–Crippen MR) is 486 cm³/mol. The van der Waals surface area contributed by atoms with Gasteiger partial charge in [0.05, 0.1) is 133 Å². The molecule has 6 aromatic carbocycles. The number of nitrogens with zero attached hydrogens (tertiary/aromatic N) is 24. The van der Waals surface area contributed by atoms with Crippen molar-refractivity contribution in [3.63, 3.8) is 0 Å². The number of pyridine rings is 1. The molecule has 0 saturated carbocycles. The summed E-state index contributed by atoms with van der Waals surface area (Å²) in [7, 11) is 10.7. The number of hydrogen-bond donors (Lipinski definition) is 0. The summed E-state index contributed by atoms with van der Waals surface area (Å²) in [5, 5.41) is 0. The fourth-order valence-corrected chi connectivity index (χ4v) is 22.6. The highest BCUT2D eigenvalue weighted by Crippen LogP contribution is 2.52. The minimum absolute atomic E-state index is 0.0822. The maximum absolute atomic E-state index is 4.99. The van der Waals surface area contributed by atoms with Crippen LogP contribution < -0.4 is 18.3 Å². The van der Waals surface area contributed by atoms with Gasteiger partial charge in [-0.05, 0) is 216 Å². The SMILES string of the molecule is CC1=[N+]2c3c(C)ccc4c3n(c3nccn43)C(C)(C)C2C=[N+]1C.Cc1ccc2c3c1-c1c(ccc[n+]1C)C(C)(C)n3c1nc(C)c(C)n21.Cc1ccc2c3c1-c1c(ncc[n+]1C)C(C)(C)n3c1nccn21.Cc1ccc2c3c1-c1n(c4ccccc4[n+]1C)C(C)(C)n3c1nc(C)c(C)n21.Cc1ccc2c3c1-c1n(cc[n+]1C)C(C)(C)n3c1nc(C)c(C)n21. The first-order valence-electron chi connectivity index (χ1n) is 43.0. The first kappa shape index (κ1) is 75.8. The van der Waals surface area contributed by atoms with Crippen molar-refractivity contribution < 1.29 is 27.4 Å². The van der Waals surface area contributed by atoms with Crippen molar-refractivity contribution in [1.82, 2.24) is 83.9 Å². The lowest BCUT2D eigenvalue weighted by Crippen LogP contribution is -2.48. The molecule has 0 N–H and O–H groups in total. The van der Waals surface area contributed by atoms with Crippen LogP contribution in [0.5, 0.6) is 0 Å². The molecule has 20 heterocycles. The normalized spacial score (nSPS) is 16.5. The quantitative estimate of drug-likeness (QED) is 0.138. The molecule has 0 fully saturated rings. The zero-order valence-corrected chi connectivity index (χ0v) is 75.8. The standard InChI is InChI=1S/C23H24N5.C21H23N4.C19H22N5.C18H21N5.C18H18N5/c1-13-11-12-18-20-19(13)21-25(6)16-9-7-8-10-17(16)27(21)23(4,5)28(20)22-24-14(2)15(3)26(18)22;1-12-9-10-16-19-17(12)18-15(8-7-11-23(18)6)21(4,5)25(19)20-22-13(2)14(3)24(16)20;1-11-7-8-14-16-15(11)17-21(6)9-10-22(17)19(4,5)24(16)18-20-12(2)13(3)23(14)18;1-11-6-7-13-16-15(11)22-12(2)20(5)10-14(22)18(3,4)23(16)17-19-8-9-21(13)17;1-11-5-6-12-14-13(11)15-16(19-7-9-21(15)4)18(2,3)23(14)17-20-8-10-22(12)17/h7-12H,1-6H3;7-11H,1-6H3;7-10H,1-6H3;6-10,14H,1-5H3;5-10H,1-4H3/q3*+1;+2;+1. The lowest BCUT2D eigenvalue weighted by atomic mass is 9.84. The van der Waals surface area contributed by atoms with Gasteiger partial charge < -0.3 is 0 Å². The van der Waals surface area contributed by atoms with E-state index in [0.29, 0.717) is 0 Å². The van der Waals surface area contributed by atoms with E-state index in [2.05, 4.69) is 407 Å². The third-order valence-electron chi connectivity index (χ3n) is 29.2. The summed E-state index contributed by atoms with van der Waals surface area (Å²) < 4.78 is 42.0. The van der Waals surface area contributed by atoms with Gasteiger partial charge in [0.25, 0.3) is 17.7 Å². The first-order valence-corrected chi connectivity index (χ1v) is 43.0. The number of para-hydroxylation sites is 2. The van der Waals surface area contributed by atoms with Crippen LogP contribution in [-0.2, 0) is 56.1 Å². The van der Waals surface area contributed by atoms with Crippen molar-refractivity contribution in [2.24, 2.45) is 28.2 Å². The number of rotatable bonds is 0. The first-order chi connectivity index (χ1) is 58.4. The maximum atomic E-state index is 4.99. The Bertz CT molecular complexity index is 8250. The molecule has 14 aromatic heterocycles. The van der Waals surface area contributed by atoms with Crippen molar-refractivity contribution in [1.29, 1.82) is 0 Å². The molecule has 6 aliphatic rings. The van der Waals surface area contributed by atoms with Crippen LogP contribution in [0, 0.1) is 76.2 Å². The van der Waals surface area contributed by atoms with E-state index in [1.165, 1.54) is 173 Å². The number of hydrogen-bond acceptors (Lipinski definition) is 6. The molecule has 0 bridgehead atoms. The number of amidine groups is 1. The second kappa shape index (κ2) is 24.7. The Morgan fingerprint density at radius 2 is 0.837 bits per heavy atom. The van der Waals surface area contributed by atoms with Gasteiger partial charge >= 0.3 is 5.84 Å². The van der Waals surface area contributed by atoms with Crippen LogP contribution in [-0.4, -0.2) is 118 Å². The lowest BCUT2D eigenvalue weighted by Gasteiger charge is -2.33. The second-order valence-corrected chi connectivity index (χ2v) is 38.0. The van der Waals surface area contributed by atoms with E-state index in [1.807, 2.05) is 31.0 Å². The number of fused-ring (bicyclic) bond motifs is 27. The van der Waals surface area contributed by atoms with Crippen molar-refractivity contribution >= 4 is 113 Å². The smallest absolute Gasteiger partial charge is 0.299 e. The molecule has 24 nitrogen and oxygen atoms in total. The number of aryl methyl sites for hydroxylation is 15. The van der Waals surface area contributed by atoms with Crippen LogP contribution >= 0.6 is 0 Å². The molecule has 1 unspecified atom stereocenters. The van der Waals surface area contributed by atoms with E-state index in [1.54, 1.807) is 0 Å². The molecule has 0 radical (unpaired) electrons. The maximum Gasteiger partial charge on any atom is 0.415 e. The van der Waals surface area contributed by atoms with Gasteiger partial charge in [0.15, 0.2) is 34.8 Å². The molecule has 618 valence electrons. The molecule has 0 aliphatic carbocycles. The highest BCUT2D eigenvalue weighted by Gasteiger charge is 2.56. The summed E-state index contributed by atoms with van der Waals surface area (Å²) >= 11 is 0. The van der Waals surface area contributed by atoms with E-state index in [-0.39, 0.29) is 34.0 Å². The van der Waals surface area contributed by atoms with Gasteiger partial charge in [-0.3, -0.25) is 44.8 Å². The molecule has 123 heavy (non-hydrogen) atoms. The zero-order chi connectivity index (χ0) is 86.2. The number of imidazole rings is 12. The Hall–Kier alpha value is -13.4. The van der Waals surface area contributed by atoms with E-state index in [9.17, 15) is 0 Å². The van der Waals surface area contributed by atoms with Crippen molar-refractivity contribution in [2.45, 2.75) is 186 Å². The van der Waals surface area contributed by atoms with Crippen LogP contribution in [0.4, 0.5) is 5.69 Å². The van der Waals surface area contributed by atoms with E-state index < -0.39 is 0 Å². The van der Waals surface area contributed by atoms with Crippen LogP contribution in [0.25, 0.3) is 140 Å². The predicted octanol–water partition coefficient (Wildman–Crippen LogP) is 16.2.